The van der Waals surface area contributed by atoms with Gasteiger partial charge in [0.15, 0.2) is 0 Å². The van der Waals surface area contributed by atoms with E-state index >= 15 is 0 Å². The lowest BCUT2D eigenvalue weighted by Crippen LogP contribution is -2.18. The summed E-state index contributed by atoms with van der Waals surface area (Å²) in [5.41, 5.74) is 0. The largest absolute Gasteiger partial charge is 0.663 e. The van der Waals surface area contributed by atoms with Crippen LogP contribution in [-0.4, -0.2) is 33.0 Å². The SMILES string of the molecule is C[N-]CCOCC(F)(F)F. The van der Waals surface area contributed by atoms with Crippen molar-refractivity contribution in [1.82, 2.24) is 0 Å². The second-order valence-corrected chi connectivity index (χ2v) is 1.71. The first-order valence-electron chi connectivity index (χ1n) is 2.76. The molecule has 0 heterocycles. The Morgan fingerprint density at radius 2 is 2.00 bits per heavy atom. The first kappa shape index (κ1) is 9.71. The van der Waals surface area contributed by atoms with Crippen molar-refractivity contribution in [3.63, 3.8) is 0 Å². The predicted molar refractivity (Wildman–Crippen MR) is 31.0 cm³/mol. The summed E-state index contributed by atoms with van der Waals surface area (Å²) in [6.45, 7) is -0.825. The van der Waals surface area contributed by atoms with E-state index in [9.17, 15) is 13.2 Å². The standard InChI is InChI=1S/C5H9F3NO/c1-9-2-3-10-4-5(6,7)8/h2-4H2,1H3/q-1. The van der Waals surface area contributed by atoms with E-state index in [1.807, 2.05) is 0 Å². The smallest absolute Gasteiger partial charge is 0.411 e. The average molecular weight is 156 g/mol. The summed E-state index contributed by atoms with van der Waals surface area (Å²) in [6, 6.07) is 0. The van der Waals surface area contributed by atoms with Gasteiger partial charge < -0.3 is 10.1 Å². The van der Waals surface area contributed by atoms with Gasteiger partial charge in [-0.15, -0.1) is 6.54 Å². The molecule has 0 aromatic rings. The Bertz CT molecular complexity index is 83.5. The van der Waals surface area contributed by atoms with Crippen LogP contribution in [0.1, 0.15) is 0 Å². The van der Waals surface area contributed by atoms with Gasteiger partial charge in [-0.2, -0.15) is 20.2 Å². The average Bonchev–Trinajstić information content (AvgIpc) is 1.78. The highest BCUT2D eigenvalue weighted by Gasteiger charge is 2.26. The first-order chi connectivity index (χ1) is 4.56. The minimum Gasteiger partial charge on any atom is -0.663 e. The Kier molecular flexibility index (Phi) is 4.38. The molecule has 5 heteroatoms. The normalized spacial score (nSPS) is 12.0. The van der Waals surface area contributed by atoms with Crippen molar-refractivity contribution < 1.29 is 17.9 Å². The lowest BCUT2D eigenvalue weighted by molar-refractivity contribution is -0.172. The fraction of sp³-hybridized carbons (Fsp3) is 1.00. The number of halogens is 3. The van der Waals surface area contributed by atoms with E-state index in [1.54, 1.807) is 0 Å². The van der Waals surface area contributed by atoms with Crippen molar-refractivity contribution in [2.24, 2.45) is 0 Å². The summed E-state index contributed by atoms with van der Waals surface area (Å²) in [6.07, 6.45) is -4.21. The number of alkyl halides is 3. The minimum atomic E-state index is -4.21. The molecule has 0 aromatic carbocycles. The summed E-state index contributed by atoms with van der Waals surface area (Å²) in [4.78, 5) is 0. The molecule has 0 radical (unpaired) electrons. The molecule has 0 rings (SSSR count). The highest BCUT2D eigenvalue weighted by molar-refractivity contribution is 4.67. The third kappa shape index (κ3) is 7.71. The monoisotopic (exact) mass is 156 g/mol. The molecule has 0 aliphatic carbocycles. The van der Waals surface area contributed by atoms with E-state index < -0.39 is 12.8 Å². The molecule has 0 N–H and O–H groups in total. The first-order valence-corrected chi connectivity index (χ1v) is 2.76. The second kappa shape index (κ2) is 4.51. The number of hydrogen-bond acceptors (Lipinski definition) is 1. The zero-order chi connectivity index (χ0) is 8.04. The van der Waals surface area contributed by atoms with Gasteiger partial charge in [-0.25, -0.2) is 0 Å². The molecule has 0 unspecified atom stereocenters. The fourth-order valence-corrected chi connectivity index (χ4v) is 0.344. The summed E-state index contributed by atoms with van der Waals surface area (Å²) in [5.74, 6) is 0. The van der Waals surface area contributed by atoms with Gasteiger partial charge in [0.05, 0.1) is 0 Å². The summed E-state index contributed by atoms with van der Waals surface area (Å²) in [7, 11) is 1.52. The lowest BCUT2D eigenvalue weighted by atomic mass is 10.6. The molecule has 0 saturated carbocycles. The van der Waals surface area contributed by atoms with E-state index in [1.165, 1.54) is 7.05 Å². The van der Waals surface area contributed by atoms with Gasteiger partial charge >= 0.3 is 6.18 Å². The van der Waals surface area contributed by atoms with Gasteiger partial charge in [0.25, 0.3) is 0 Å². The van der Waals surface area contributed by atoms with Crippen LogP contribution < -0.4 is 0 Å². The van der Waals surface area contributed by atoms with Crippen molar-refractivity contribution in [3.8, 4) is 0 Å². The third-order valence-corrected chi connectivity index (χ3v) is 0.725. The molecule has 0 spiro atoms. The molecule has 2 nitrogen and oxygen atoms in total. The van der Waals surface area contributed by atoms with Gasteiger partial charge in [-0.1, -0.05) is 0 Å². The quantitative estimate of drug-likeness (QED) is 0.566. The number of nitrogens with zero attached hydrogens (tertiary/aromatic N) is 1. The second-order valence-electron chi connectivity index (χ2n) is 1.71. The zero-order valence-electron chi connectivity index (χ0n) is 5.61. The molecule has 0 atom stereocenters. The predicted octanol–water partition coefficient (Wildman–Crippen LogP) is 1.57. The maximum Gasteiger partial charge on any atom is 0.411 e. The van der Waals surface area contributed by atoms with Gasteiger partial charge in [-0.05, 0) is 0 Å². The number of likely N-dealkylation sites (N-methyl/N-ethyl adjacent to an activating group) is 1. The summed E-state index contributed by atoms with van der Waals surface area (Å²) >= 11 is 0. The summed E-state index contributed by atoms with van der Waals surface area (Å²) < 4.78 is 38.2. The van der Waals surface area contributed by atoms with E-state index in [-0.39, 0.29) is 6.61 Å². The van der Waals surface area contributed by atoms with Gasteiger partial charge in [0.2, 0.25) is 0 Å². The molecule has 62 valence electrons. The fourth-order valence-electron chi connectivity index (χ4n) is 0.344. The van der Waals surface area contributed by atoms with Crippen molar-refractivity contribution in [1.29, 1.82) is 0 Å². The Labute approximate surface area is 57.4 Å². The topological polar surface area (TPSA) is 23.3 Å². The van der Waals surface area contributed by atoms with Crippen LogP contribution in [0.25, 0.3) is 5.32 Å². The van der Waals surface area contributed by atoms with E-state index in [4.69, 9.17) is 0 Å². The van der Waals surface area contributed by atoms with Crippen LogP contribution in [0.2, 0.25) is 0 Å². The van der Waals surface area contributed by atoms with Crippen molar-refractivity contribution in [3.05, 3.63) is 5.32 Å². The summed E-state index contributed by atoms with van der Waals surface area (Å²) in [5, 5.41) is 3.56. The Morgan fingerprint density at radius 1 is 1.40 bits per heavy atom. The highest BCUT2D eigenvalue weighted by Crippen LogP contribution is 2.13. The van der Waals surface area contributed by atoms with Crippen LogP contribution in [0, 0.1) is 0 Å². The Balaban J connectivity index is 3.04. The van der Waals surface area contributed by atoms with E-state index in [0.29, 0.717) is 6.54 Å². The molecule has 0 aliphatic rings. The van der Waals surface area contributed by atoms with Gasteiger partial charge in [-0.3, -0.25) is 0 Å². The van der Waals surface area contributed by atoms with Crippen LogP contribution in [0.4, 0.5) is 13.2 Å². The van der Waals surface area contributed by atoms with Crippen LogP contribution in [0.5, 0.6) is 0 Å². The maximum absolute atomic E-state index is 11.3. The molecule has 0 bridgehead atoms. The maximum atomic E-state index is 11.3. The van der Waals surface area contributed by atoms with Crippen molar-refractivity contribution in [2.45, 2.75) is 6.18 Å². The zero-order valence-corrected chi connectivity index (χ0v) is 5.61. The Hall–Kier alpha value is -0.290. The molecule has 0 fully saturated rings. The third-order valence-electron chi connectivity index (χ3n) is 0.725. The molecular weight excluding hydrogens is 147 g/mol. The van der Waals surface area contributed by atoms with Crippen LogP contribution in [0.3, 0.4) is 0 Å². The van der Waals surface area contributed by atoms with Crippen molar-refractivity contribution in [2.75, 3.05) is 26.8 Å². The van der Waals surface area contributed by atoms with Gasteiger partial charge in [0, 0.05) is 6.61 Å². The van der Waals surface area contributed by atoms with Crippen LogP contribution in [-0.2, 0) is 4.74 Å². The number of hydrogen-bond donors (Lipinski definition) is 0. The highest BCUT2D eigenvalue weighted by atomic mass is 19.4. The molecular formula is C5H9F3NO-. The number of ether oxygens (including phenoxy) is 1. The lowest BCUT2D eigenvalue weighted by Gasteiger charge is -2.11. The van der Waals surface area contributed by atoms with Gasteiger partial charge in [0.1, 0.15) is 6.61 Å². The molecule has 0 saturated heterocycles. The van der Waals surface area contributed by atoms with Crippen LogP contribution in [0.15, 0.2) is 0 Å². The van der Waals surface area contributed by atoms with E-state index in [2.05, 4.69) is 10.1 Å². The molecule has 0 aromatic heterocycles. The molecule has 0 amide bonds. The molecule has 0 aliphatic heterocycles. The van der Waals surface area contributed by atoms with Crippen molar-refractivity contribution >= 4 is 0 Å². The number of rotatable bonds is 4. The minimum absolute atomic E-state index is 0.0377. The van der Waals surface area contributed by atoms with Crippen LogP contribution >= 0.6 is 0 Å². The Morgan fingerprint density at radius 3 is 2.40 bits per heavy atom. The van der Waals surface area contributed by atoms with E-state index in [0.717, 1.165) is 0 Å². The molecule has 10 heavy (non-hydrogen) atoms.